The summed E-state index contributed by atoms with van der Waals surface area (Å²) in [5.41, 5.74) is 2.22. The fraction of sp³-hybridized carbons (Fsp3) is 0.455. The summed E-state index contributed by atoms with van der Waals surface area (Å²) in [5.74, 6) is 2.25. The summed E-state index contributed by atoms with van der Waals surface area (Å²) in [4.78, 5) is 0. The summed E-state index contributed by atoms with van der Waals surface area (Å²) in [6.07, 6.45) is 5.81. The lowest BCUT2D eigenvalue weighted by Gasteiger charge is -2.37. The lowest BCUT2D eigenvalue weighted by Crippen LogP contribution is -2.55. The zero-order valence-electron chi connectivity index (χ0n) is 29.6. The molecule has 2 aromatic rings. The van der Waals surface area contributed by atoms with E-state index in [1.54, 1.807) is 32.9 Å². The first-order valence-electron chi connectivity index (χ1n) is 17.1. The van der Waals surface area contributed by atoms with E-state index in [1.807, 2.05) is 48.5 Å². The molecule has 270 valence electrons. The minimum Gasteiger partial charge on any atom is -0.536 e. The van der Waals surface area contributed by atoms with Crippen LogP contribution in [-0.4, -0.2) is 63.0 Å². The van der Waals surface area contributed by atoms with Crippen molar-refractivity contribution in [2.45, 2.75) is 80.1 Å². The Morgan fingerprint density at radius 2 is 0.720 bits per heavy atom. The summed E-state index contributed by atoms with van der Waals surface area (Å²) in [7, 11) is 0. The van der Waals surface area contributed by atoms with Crippen LogP contribution in [0.25, 0.3) is 0 Å². The van der Waals surface area contributed by atoms with Crippen molar-refractivity contribution in [2.24, 2.45) is 30.9 Å². The molecule has 3 aliphatic heterocycles. The number of fused-ring (bicyclic) bond motifs is 9. The Balaban J connectivity index is 2.03. The zero-order valence-corrected chi connectivity index (χ0v) is 32.1. The van der Waals surface area contributed by atoms with Crippen LogP contribution in [0.5, 0.6) is 0 Å². The molecule has 0 aromatic heterocycles. The van der Waals surface area contributed by atoms with E-state index in [2.05, 4.69) is 51.7 Å². The zero-order chi connectivity index (χ0) is 35.7. The maximum atomic E-state index is 6.37. The highest BCUT2D eigenvalue weighted by atomic mass is 32.2. The fourth-order valence-corrected chi connectivity index (χ4v) is 7.21. The number of oxime groups is 6. The number of unbranched alkanes of at least 4 members (excludes halogenated alkanes) is 3. The lowest BCUT2D eigenvalue weighted by molar-refractivity contribution is 0.0777. The molecule has 0 aliphatic carbocycles. The predicted molar refractivity (Wildman–Crippen MR) is 214 cm³/mol. The first-order valence-corrected chi connectivity index (χ1v) is 20.1. The molecule has 2 atom stereocenters. The van der Waals surface area contributed by atoms with Gasteiger partial charge in [-0.2, -0.15) is 0 Å². The second-order valence-corrected chi connectivity index (χ2v) is 14.8. The SMILES string of the molecule is CCCCSC1=NO[B-]2(c3ccccc3)O/N=C(/SCCCC)C(C)=NO[B-](c3ccccc3)(O/N=C\1C)O/N=C(C)\C(SCCCC)=N/O2. The molecule has 17 heteroatoms. The van der Waals surface area contributed by atoms with Gasteiger partial charge in [0.2, 0.25) is 0 Å². The molecule has 12 nitrogen and oxygen atoms in total. The first-order chi connectivity index (χ1) is 24.4. The molecule has 0 amide bonds. The van der Waals surface area contributed by atoms with Gasteiger partial charge in [-0.1, -0.05) is 112 Å². The molecule has 0 fully saturated rings. The van der Waals surface area contributed by atoms with Gasteiger partial charge in [0, 0.05) is 0 Å². The van der Waals surface area contributed by atoms with Crippen LogP contribution in [0.15, 0.2) is 91.6 Å². The molecule has 0 radical (unpaired) electrons. The molecule has 3 heterocycles. The van der Waals surface area contributed by atoms with Crippen molar-refractivity contribution in [3.05, 3.63) is 60.7 Å². The van der Waals surface area contributed by atoms with Crippen molar-refractivity contribution in [1.29, 1.82) is 0 Å². The molecule has 0 spiro atoms. The quantitative estimate of drug-likeness (QED) is 0.170. The highest BCUT2D eigenvalue weighted by Crippen LogP contribution is 2.23. The normalized spacial score (nSPS) is 25.6. The van der Waals surface area contributed by atoms with E-state index in [9.17, 15) is 0 Å². The number of hydrogen-bond donors (Lipinski definition) is 0. The third-order valence-corrected chi connectivity index (χ3v) is 10.8. The second kappa shape index (κ2) is 20.3. The van der Waals surface area contributed by atoms with Gasteiger partial charge in [0.15, 0.2) is 15.1 Å². The molecule has 2 bridgehead atoms. The molecule has 2 aromatic carbocycles. The summed E-state index contributed by atoms with van der Waals surface area (Å²) in [6.45, 7) is 5.69. The fourth-order valence-electron chi connectivity index (χ4n) is 4.30. The van der Waals surface area contributed by atoms with E-state index in [-0.39, 0.29) is 0 Å². The van der Waals surface area contributed by atoms with Crippen molar-refractivity contribution >= 4 is 92.0 Å². The second-order valence-electron chi connectivity index (χ2n) is 11.6. The van der Waals surface area contributed by atoms with Crippen LogP contribution in [0.2, 0.25) is 0 Å². The topological polar surface area (TPSA) is 130 Å². The van der Waals surface area contributed by atoms with Gasteiger partial charge in [0.05, 0.1) is 0 Å². The van der Waals surface area contributed by atoms with Gasteiger partial charge in [-0.25, -0.2) is 0 Å². The summed E-state index contributed by atoms with van der Waals surface area (Å²) in [6, 6.07) is 18.4. The average Bonchev–Trinajstić information content (AvgIpc) is 3.14. The highest BCUT2D eigenvalue weighted by Gasteiger charge is 2.43. The van der Waals surface area contributed by atoms with E-state index >= 15 is 0 Å². The number of thioether (sulfide) groups is 3. The van der Waals surface area contributed by atoms with E-state index in [0.29, 0.717) is 43.2 Å². The lowest BCUT2D eigenvalue weighted by atomic mass is 9.70. The Morgan fingerprint density at radius 1 is 0.440 bits per heavy atom. The van der Waals surface area contributed by atoms with Crippen molar-refractivity contribution in [2.75, 3.05) is 17.3 Å². The maximum Gasteiger partial charge on any atom is 0.640 e. The smallest absolute Gasteiger partial charge is 0.536 e. The molecule has 2 unspecified atom stereocenters. The third kappa shape index (κ3) is 11.0. The standard InChI is InChI=1S/C33H46B2N6O6S3/c1-7-10-23-48-31-26(4)36-42-34(29-19-15-13-16-20-29)43-37-27(5)32(49-24-11-8-2)40-46-35(45-39-31,30-21-17-14-18-22-30)47-41-33(28(6)38-44-34)50-25-12-9-3/h13-22H,7-12,23-25H2,1-6H3/q-2/b36-26-,37-27-,38-28?,39-31+,40-32?,41-33+. The van der Waals surface area contributed by atoms with E-state index in [4.69, 9.17) is 28.5 Å². The molecule has 5 rings (SSSR count). The number of benzene rings is 2. The van der Waals surface area contributed by atoms with Crippen LogP contribution in [0.4, 0.5) is 0 Å². The molecule has 3 aliphatic rings. The van der Waals surface area contributed by atoms with E-state index in [0.717, 1.165) is 55.8 Å². The Labute approximate surface area is 308 Å². The summed E-state index contributed by atoms with van der Waals surface area (Å²) < 4.78 is 37.9. The molecule has 0 N–H and O–H groups in total. The van der Waals surface area contributed by atoms with Gasteiger partial charge in [0.1, 0.15) is 17.1 Å². The first kappa shape index (κ1) is 39.2. The average molecular weight is 741 g/mol. The van der Waals surface area contributed by atoms with Gasteiger partial charge >= 0.3 is 13.5 Å². The largest absolute Gasteiger partial charge is 0.640 e. The van der Waals surface area contributed by atoms with Crippen LogP contribution in [0.3, 0.4) is 0 Å². The number of nitrogens with zero attached hydrogens (tertiary/aromatic N) is 6. The van der Waals surface area contributed by atoms with Crippen molar-refractivity contribution in [1.82, 2.24) is 0 Å². The monoisotopic (exact) mass is 740 g/mol. The van der Waals surface area contributed by atoms with Crippen molar-refractivity contribution in [3.63, 3.8) is 0 Å². The van der Waals surface area contributed by atoms with Crippen molar-refractivity contribution in [3.8, 4) is 0 Å². The van der Waals surface area contributed by atoms with E-state index in [1.165, 1.54) is 35.3 Å². The minimum absolute atomic E-state index is 0.396. The molecule has 0 saturated carbocycles. The molecular formula is C33H46B2N6O6S3-2. The van der Waals surface area contributed by atoms with Gasteiger partial charge in [0.25, 0.3) is 0 Å². The summed E-state index contributed by atoms with van der Waals surface area (Å²) >= 11 is 4.38. The van der Waals surface area contributed by atoms with Crippen molar-refractivity contribution < 1.29 is 28.5 Å². The van der Waals surface area contributed by atoms with Crippen LogP contribution in [0.1, 0.15) is 80.1 Å². The summed E-state index contributed by atoms with van der Waals surface area (Å²) in [5, 5.41) is 28.6. The highest BCUT2D eigenvalue weighted by molar-refractivity contribution is 8.16. The van der Waals surface area contributed by atoms with E-state index < -0.39 is 13.5 Å². The van der Waals surface area contributed by atoms with Crippen LogP contribution < -0.4 is 10.9 Å². The van der Waals surface area contributed by atoms with Gasteiger partial charge in [-0.15, -0.1) is 66.2 Å². The minimum atomic E-state index is -2.99. The molecule has 50 heavy (non-hydrogen) atoms. The van der Waals surface area contributed by atoms with Gasteiger partial charge in [-0.3, -0.25) is 0 Å². The van der Waals surface area contributed by atoms with Crippen LogP contribution in [-0.2, 0) is 28.5 Å². The molecular weight excluding hydrogens is 694 g/mol. The molecule has 0 saturated heterocycles. The Kier molecular flexibility index (Phi) is 16.0. The number of rotatable bonds is 11. The van der Waals surface area contributed by atoms with Gasteiger partial charge in [-0.05, 0) is 57.3 Å². The third-order valence-electron chi connectivity index (χ3n) is 7.36. The Hall–Kier alpha value is -3.56. The Morgan fingerprint density at radius 3 is 1.00 bits per heavy atom. The van der Waals surface area contributed by atoms with Gasteiger partial charge < -0.3 is 28.5 Å². The predicted octanol–water partition coefficient (Wildman–Crippen LogP) is 7.47. The number of hydrogen-bond acceptors (Lipinski definition) is 15. The maximum absolute atomic E-state index is 6.37. The Bertz CT molecular complexity index is 1440. The van der Waals surface area contributed by atoms with Crippen LogP contribution in [0, 0.1) is 0 Å². The van der Waals surface area contributed by atoms with Crippen LogP contribution >= 0.6 is 35.3 Å².